The van der Waals surface area contributed by atoms with Crippen LogP contribution in [0.3, 0.4) is 0 Å². The molecule has 0 aromatic carbocycles. The molecule has 3 nitrogen and oxygen atoms in total. The van der Waals surface area contributed by atoms with Gasteiger partial charge in [-0.05, 0) is 12.5 Å². The standard InChI is InChI=1S/C12H20N2O/c1-2-3-4-5-6-7-12(15)11-8-9-13-14-10-11/h8-10,12,15H,2-7H2,1H3. The van der Waals surface area contributed by atoms with E-state index in [0.717, 1.165) is 18.4 Å². The van der Waals surface area contributed by atoms with Gasteiger partial charge in [-0.15, -0.1) is 0 Å². The van der Waals surface area contributed by atoms with Gasteiger partial charge in [-0.2, -0.15) is 10.2 Å². The number of hydrogen-bond donors (Lipinski definition) is 1. The van der Waals surface area contributed by atoms with Crippen LogP contribution in [0.4, 0.5) is 0 Å². The summed E-state index contributed by atoms with van der Waals surface area (Å²) in [7, 11) is 0. The van der Waals surface area contributed by atoms with Gasteiger partial charge in [0.2, 0.25) is 0 Å². The van der Waals surface area contributed by atoms with Crippen LogP contribution in [0.2, 0.25) is 0 Å². The minimum atomic E-state index is -0.373. The van der Waals surface area contributed by atoms with Gasteiger partial charge in [0.1, 0.15) is 0 Å². The second-order valence-electron chi connectivity index (χ2n) is 3.89. The van der Waals surface area contributed by atoms with Gasteiger partial charge in [-0.3, -0.25) is 0 Å². The van der Waals surface area contributed by atoms with E-state index in [0.29, 0.717) is 0 Å². The van der Waals surface area contributed by atoms with Gasteiger partial charge in [0, 0.05) is 11.8 Å². The number of nitrogens with zero attached hydrogens (tertiary/aromatic N) is 2. The molecule has 0 saturated carbocycles. The number of hydrogen-bond acceptors (Lipinski definition) is 3. The van der Waals surface area contributed by atoms with Gasteiger partial charge in [0.25, 0.3) is 0 Å². The predicted molar refractivity (Wildman–Crippen MR) is 60.4 cm³/mol. The molecule has 1 N–H and O–H groups in total. The molecule has 0 radical (unpaired) electrons. The topological polar surface area (TPSA) is 46.0 Å². The van der Waals surface area contributed by atoms with Crippen molar-refractivity contribution in [2.45, 2.75) is 51.6 Å². The first-order chi connectivity index (χ1) is 7.34. The van der Waals surface area contributed by atoms with E-state index in [9.17, 15) is 5.11 Å². The Kier molecular flexibility index (Phi) is 5.93. The largest absolute Gasteiger partial charge is 0.388 e. The summed E-state index contributed by atoms with van der Waals surface area (Å²) >= 11 is 0. The van der Waals surface area contributed by atoms with Gasteiger partial charge in [-0.25, -0.2) is 0 Å². The molecule has 0 saturated heterocycles. The summed E-state index contributed by atoms with van der Waals surface area (Å²) in [5, 5.41) is 17.3. The number of unbranched alkanes of at least 4 members (excludes halogenated alkanes) is 4. The van der Waals surface area contributed by atoms with Crippen molar-refractivity contribution in [1.29, 1.82) is 0 Å². The molecule has 1 atom stereocenters. The Labute approximate surface area is 91.6 Å². The maximum atomic E-state index is 9.81. The van der Waals surface area contributed by atoms with Crippen LogP contribution in [-0.4, -0.2) is 15.3 Å². The zero-order valence-electron chi connectivity index (χ0n) is 9.39. The molecule has 0 spiro atoms. The van der Waals surface area contributed by atoms with Gasteiger partial charge in [-0.1, -0.05) is 39.0 Å². The highest BCUT2D eigenvalue weighted by Crippen LogP contribution is 2.18. The van der Waals surface area contributed by atoms with Crippen LogP contribution >= 0.6 is 0 Å². The number of rotatable bonds is 7. The van der Waals surface area contributed by atoms with Crippen molar-refractivity contribution >= 4 is 0 Å². The summed E-state index contributed by atoms with van der Waals surface area (Å²) in [6.07, 6.45) is 9.85. The zero-order chi connectivity index (χ0) is 10.9. The lowest BCUT2D eigenvalue weighted by Gasteiger charge is -2.09. The summed E-state index contributed by atoms with van der Waals surface area (Å²) in [4.78, 5) is 0. The van der Waals surface area contributed by atoms with E-state index in [1.807, 2.05) is 6.07 Å². The molecule has 0 aliphatic carbocycles. The Morgan fingerprint density at radius 1 is 1.20 bits per heavy atom. The molecule has 1 rings (SSSR count). The Morgan fingerprint density at radius 2 is 2.00 bits per heavy atom. The van der Waals surface area contributed by atoms with E-state index < -0.39 is 0 Å². The number of aliphatic hydroxyl groups is 1. The third-order valence-electron chi connectivity index (χ3n) is 2.57. The molecular formula is C12H20N2O. The fraction of sp³-hybridized carbons (Fsp3) is 0.667. The quantitative estimate of drug-likeness (QED) is 0.701. The molecule has 1 heterocycles. The fourth-order valence-electron chi connectivity index (χ4n) is 1.61. The lowest BCUT2D eigenvalue weighted by molar-refractivity contribution is 0.162. The highest BCUT2D eigenvalue weighted by Gasteiger charge is 2.06. The molecule has 0 fully saturated rings. The average Bonchev–Trinajstić information content (AvgIpc) is 2.30. The van der Waals surface area contributed by atoms with Crippen LogP contribution in [0.15, 0.2) is 18.5 Å². The van der Waals surface area contributed by atoms with Gasteiger partial charge in [0.15, 0.2) is 0 Å². The van der Waals surface area contributed by atoms with Crippen molar-refractivity contribution < 1.29 is 5.11 Å². The van der Waals surface area contributed by atoms with E-state index in [-0.39, 0.29) is 6.10 Å². The van der Waals surface area contributed by atoms with Crippen molar-refractivity contribution in [3.05, 3.63) is 24.0 Å². The molecule has 1 aromatic heterocycles. The van der Waals surface area contributed by atoms with Crippen LogP contribution in [0.1, 0.15) is 57.1 Å². The average molecular weight is 208 g/mol. The first-order valence-corrected chi connectivity index (χ1v) is 5.79. The number of aromatic nitrogens is 2. The smallest absolute Gasteiger partial charge is 0.0806 e. The fourth-order valence-corrected chi connectivity index (χ4v) is 1.61. The molecule has 0 amide bonds. The van der Waals surface area contributed by atoms with Crippen LogP contribution < -0.4 is 0 Å². The molecule has 3 heteroatoms. The van der Waals surface area contributed by atoms with Crippen molar-refractivity contribution in [3.8, 4) is 0 Å². The molecule has 0 aliphatic rings. The third-order valence-corrected chi connectivity index (χ3v) is 2.57. The summed E-state index contributed by atoms with van der Waals surface area (Å²) in [5.74, 6) is 0. The SMILES string of the molecule is CCCCCCCC(O)c1ccnnc1. The first-order valence-electron chi connectivity index (χ1n) is 5.79. The first kappa shape index (κ1) is 12.1. The summed E-state index contributed by atoms with van der Waals surface area (Å²) in [6, 6.07) is 1.82. The maximum Gasteiger partial charge on any atom is 0.0806 e. The monoisotopic (exact) mass is 208 g/mol. The Bertz CT molecular complexity index is 251. The Hall–Kier alpha value is -0.960. The van der Waals surface area contributed by atoms with E-state index >= 15 is 0 Å². The van der Waals surface area contributed by atoms with Crippen LogP contribution in [0.25, 0.3) is 0 Å². The second-order valence-corrected chi connectivity index (χ2v) is 3.89. The molecule has 15 heavy (non-hydrogen) atoms. The summed E-state index contributed by atoms with van der Waals surface area (Å²) in [6.45, 7) is 2.21. The molecule has 0 bridgehead atoms. The van der Waals surface area contributed by atoms with E-state index in [1.165, 1.54) is 25.7 Å². The van der Waals surface area contributed by atoms with Crippen molar-refractivity contribution in [2.24, 2.45) is 0 Å². The maximum absolute atomic E-state index is 9.81. The lowest BCUT2D eigenvalue weighted by Crippen LogP contribution is -1.98. The van der Waals surface area contributed by atoms with Crippen LogP contribution in [0, 0.1) is 0 Å². The van der Waals surface area contributed by atoms with Gasteiger partial charge in [0.05, 0.1) is 12.3 Å². The lowest BCUT2D eigenvalue weighted by atomic mass is 10.0. The van der Waals surface area contributed by atoms with E-state index in [2.05, 4.69) is 17.1 Å². The van der Waals surface area contributed by atoms with E-state index in [1.54, 1.807) is 12.4 Å². The molecule has 1 unspecified atom stereocenters. The second kappa shape index (κ2) is 7.35. The zero-order valence-corrected chi connectivity index (χ0v) is 9.39. The van der Waals surface area contributed by atoms with Crippen molar-refractivity contribution in [2.75, 3.05) is 0 Å². The van der Waals surface area contributed by atoms with Crippen molar-refractivity contribution in [3.63, 3.8) is 0 Å². The minimum absolute atomic E-state index is 0.373. The Balaban J connectivity index is 2.16. The minimum Gasteiger partial charge on any atom is -0.388 e. The van der Waals surface area contributed by atoms with Gasteiger partial charge >= 0.3 is 0 Å². The summed E-state index contributed by atoms with van der Waals surface area (Å²) in [5.41, 5.74) is 0.875. The molecule has 1 aromatic rings. The normalized spacial score (nSPS) is 12.7. The van der Waals surface area contributed by atoms with E-state index in [4.69, 9.17) is 0 Å². The van der Waals surface area contributed by atoms with Gasteiger partial charge < -0.3 is 5.11 Å². The molecular weight excluding hydrogens is 188 g/mol. The van der Waals surface area contributed by atoms with Crippen LogP contribution in [0.5, 0.6) is 0 Å². The molecule has 0 aliphatic heterocycles. The highest BCUT2D eigenvalue weighted by atomic mass is 16.3. The van der Waals surface area contributed by atoms with Crippen molar-refractivity contribution in [1.82, 2.24) is 10.2 Å². The number of aliphatic hydroxyl groups excluding tert-OH is 1. The van der Waals surface area contributed by atoms with Crippen LogP contribution in [-0.2, 0) is 0 Å². The summed E-state index contributed by atoms with van der Waals surface area (Å²) < 4.78 is 0. The third kappa shape index (κ3) is 4.88. The molecule has 84 valence electrons. The Morgan fingerprint density at radius 3 is 2.67 bits per heavy atom. The highest BCUT2D eigenvalue weighted by molar-refractivity contribution is 5.08. The predicted octanol–water partition coefficient (Wildman–Crippen LogP) is 2.87.